The van der Waals surface area contributed by atoms with E-state index in [1.807, 2.05) is 4.57 Å². The fourth-order valence-corrected chi connectivity index (χ4v) is 5.56. The van der Waals surface area contributed by atoms with Gasteiger partial charge in [0, 0.05) is 29.6 Å². The molecule has 0 spiro atoms. The number of carbonyl (C=O) groups is 1. The smallest absolute Gasteiger partial charge is 0.224 e. The van der Waals surface area contributed by atoms with Crippen LogP contribution in [0, 0.1) is 17.7 Å². The molecule has 1 saturated carbocycles. The van der Waals surface area contributed by atoms with Crippen molar-refractivity contribution < 1.29 is 13.9 Å². The highest BCUT2D eigenvalue weighted by molar-refractivity contribution is 6.36. The van der Waals surface area contributed by atoms with Gasteiger partial charge in [-0.25, -0.2) is 14.4 Å². The van der Waals surface area contributed by atoms with Gasteiger partial charge < -0.3 is 21.1 Å². The molecule has 2 aromatic heterocycles. The number of nitrogens with two attached hydrogens (primary N) is 1. The lowest BCUT2D eigenvalue weighted by molar-refractivity contribution is -0.122. The van der Waals surface area contributed by atoms with Gasteiger partial charge in [-0.2, -0.15) is 4.98 Å². The van der Waals surface area contributed by atoms with Crippen LogP contribution in [-0.2, 0) is 9.53 Å². The Bertz CT molecular complexity index is 1260. The van der Waals surface area contributed by atoms with Gasteiger partial charge in [-0.1, -0.05) is 30.1 Å². The molecular weight excluding hydrogens is 508 g/mol. The molecule has 36 heavy (non-hydrogen) atoms. The first kappa shape index (κ1) is 25.0. The predicted octanol–water partition coefficient (Wildman–Crippen LogP) is 5.07. The molecule has 1 saturated heterocycles. The van der Waals surface area contributed by atoms with Crippen molar-refractivity contribution in [3.05, 3.63) is 34.2 Å². The molecule has 1 aromatic carbocycles. The maximum atomic E-state index is 14.8. The standard InChI is InChI=1S/C24H28Cl2FN7O2/c1-12-11-36-7-6-18(12)30-23-29-10-19-22(33-23)34(15-4-2-13(3-5-15)21(28)35)24(31-19)32-20-16(26)8-14(25)9-17(20)27/h8-10,12-13,15,18H,2-7,11H2,1H3,(H2,28,35)(H,31,32)(H,29,30,33)/t12-,13?,15?,18-/m1/s1. The van der Waals surface area contributed by atoms with Crippen molar-refractivity contribution in [3.8, 4) is 0 Å². The van der Waals surface area contributed by atoms with Crippen molar-refractivity contribution in [3.63, 3.8) is 0 Å². The van der Waals surface area contributed by atoms with Gasteiger partial charge >= 0.3 is 0 Å². The Kier molecular flexibility index (Phi) is 7.18. The lowest BCUT2D eigenvalue weighted by Crippen LogP contribution is -2.36. The van der Waals surface area contributed by atoms with E-state index in [0.29, 0.717) is 67.9 Å². The third-order valence-electron chi connectivity index (χ3n) is 7.10. The first-order valence-electron chi connectivity index (χ1n) is 12.1. The van der Waals surface area contributed by atoms with Crippen molar-refractivity contribution in [2.45, 2.75) is 51.1 Å². The Morgan fingerprint density at radius 3 is 2.67 bits per heavy atom. The topological polar surface area (TPSA) is 120 Å². The molecule has 3 heterocycles. The fourth-order valence-electron chi connectivity index (χ4n) is 5.05. The first-order chi connectivity index (χ1) is 17.3. The van der Waals surface area contributed by atoms with Crippen LogP contribution in [0.3, 0.4) is 0 Å². The third-order valence-corrected chi connectivity index (χ3v) is 7.61. The maximum absolute atomic E-state index is 14.8. The highest BCUT2D eigenvalue weighted by atomic mass is 35.5. The van der Waals surface area contributed by atoms with E-state index in [2.05, 4.69) is 27.5 Å². The number of imidazole rings is 1. The molecule has 0 bridgehead atoms. The van der Waals surface area contributed by atoms with E-state index in [4.69, 9.17) is 38.7 Å². The quantitative estimate of drug-likeness (QED) is 0.402. The number of primary amides is 1. The van der Waals surface area contributed by atoms with Crippen LogP contribution in [-0.4, -0.2) is 44.7 Å². The van der Waals surface area contributed by atoms with E-state index in [-0.39, 0.29) is 39.6 Å². The molecule has 1 amide bonds. The number of halogens is 3. The summed E-state index contributed by atoms with van der Waals surface area (Å²) >= 11 is 12.2. The van der Waals surface area contributed by atoms with Gasteiger partial charge in [0.1, 0.15) is 11.3 Å². The summed E-state index contributed by atoms with van der Waals surface area (Å²) in [4.78, 5) is 25.7. The molecule has 9 nitrogen and oxygen atoms in total. The van der Waals surface area contributed by atoms with Crippen molar-refractivity contribution in [2.75, 3.05) is 23.8 Å². The molecule has 1 aliphatic carbocycles. The number of fused-ring (bicyclic) bond motifs is 1. The Hall–Kier alpha value is -2.69. The number of amides is 1. The van der Waals surface area contributed by atoms with Crippen LogP contribution < -0.4 is 16.4 Å². The van der Waals surface area contributed by atoms with Crippen LogP contribution in [0.5, 0.6) is 0 Å². The van der Waals surface area contributed by atoms with Crippen LogP contribution in [0.15, 0.2) is 18.3 Å². The number of carbonyl (C=O) groups excluding carboxylic acids is 1. The summed E-state index contributed by atoms with van der Waals surface area (Å²) in [6.07, 6.45) is 5.24. The normalized spacial score (nSPS) is 24.6. The number of hydrogen-bond donors (Lipinski definition) is 3. The van der Waals surface area contributed by atoms with Gasteiger partial charge in [0.15, 0.2) is 5.65 Å². The van der Waals surface area contributed by atoms with E-state index in [0.717, 1.165) is 6.42 Å². The van der Waals surface area contributed by atoms with Gasteiger partial charge in [0.05, 0.1) is 23.5 Å². The molecule has 2 atom stereocenters. The van der Waals surface area contributed by atoms with E-state index in [9.17, 15) is 9.18 Å². The second-order valence-electron chi connectivity index (χ2n) is 9.58. The van der Waals surface area contributed by atoms with Crippen LogP contribution in [0.25, 0.3) is 11.2 Å². The Morgan fingerprint density at radius 2 is 1.97 bits per heavy atom. The molecule has 4 N–H and O–H groups in total. The van der Waals surface area contributed by atoms with Gasteiger partial charge in [0.2, 0.25) is 17.8 Å². The summed E-state index contributed by atoms with van der Waals surface area (Å²) in [5.74, 6) is 0.177. The molecule has 2 fully saturated rings. The molecule has 1 aliphatic heterocycles. The number of ether oxygens (including phenoxy) is 1. The SMILES string of the molecule is C[C@@H]1COCC[C@H]1Nc1ncc2nc(Nc3c(F)cc(Cl)cc3Cl)n(C3CCC(C(N)=O)CC3)c2n1. The Morgan fingerprint density at radius 1 is 1.19 bits per heavy atom. The molecule has 192 valence electrons. The lowest BCUT2D eigenvalue weighted by atomic mass is 9.85. The summed E-state index contributed by atoms with van der Waals surface area (Å²) in [5, 5.41) is 6.83. The molecule has 2 aliphatic rings. The first-order valence-corrected chi connectivity index (χ1v) is 12.9. The van der Waals surface area contributed by atoms with E-state index in [1.165, 1.54) is 12.1 Å². The number of benzene rings is 1. The van der Waals surface area contributed by atoms with Gasteiger partial charge in [-0.3, -0.25) is 9.36 Å². The zero-order valence-corrected chi connectivity index (χ0v) is 21.3. The lowest BCUT2D eigenvalue weighted by Gasteiger charge is -2.30. The number of hydrogen-bond acceptors (Lipinski definition) is 7. The minimum atomic E-state index is -0.592. The zero-order chi connectivity index (χ0) is 25.4. The summed E-state index contributed by atoms with van der Waals surface area (Å²) < 4.78 is 22.3. The zero-order valence-electron chi connectivity index (χ0n) is 19.8. The monoisotopic (exact) mass is 535 g/mol. The Labute approximate surface area is 217 Å². The van der Waals surface area contributed by atoms with Crippen LogP contribution in [0.2, 0.25) is 10.0 Å². The molecule has 12 heteroatoms. The number of aromatic nitrogens is 4. The largest absolute Gasteiger partial charge is 0.381 e. The molecule has 3 aromatic rings. The molecule has 0 unspecified atom stereocenters. The second kappa shape index (κ2) is 10.4. The van der Waals surface area contributed by atoms with Crippen molar-refractivity contribution >= 4 is 57.9 Å². The third kappa shape index (κ3) is 5.07. The van der Waals surface area contributed by atoms with E-state index < -0.39 is 5.82 Å². The average molecular weight is 536 g/mol. The van der Waals surface area contributed by atoms with Gasteiger partial charge in [-0.15, -0.1) is 0 Å². The van der Waals surface area contributed by atoms with Crippen molar-refractivity contribution in [2.24, 2.45) is 17.6 Å². The van der Waals surface area contributed by atoms with Crippen LogP contribution >= 0.6 is 23.2 Å². The summed E-state index contributed by atoms with van der Waals surface area (Å²) in [7, 11) is 0. The second-order valence-corrected chi connectivity index (χ2v) is 10.4. The van der Waals surface area contributed by atoms with Crippen molar-refractivity contribution in [1.82, 2.24) is 19.5 Å². The van der Waals surface area contributed by atoms with Crippen LogP contribution in [0.1, 0.15) is 45.1 Å². The summed E-state index contributed by atoms with van der Waals surface area (Å²) in [5.41, 5.74) is 6.79. The molecule has 0 radical (unpaired) electrons. The summed E-state index contributed by atoms with van der Waals surface area (Å²) in [6, 6.07) is 2.83. The summed E-state index contributed by atoms with van der Waals surface area (Å²) in [6.45, 7) is 3.50. The molecule has 5 rings (SSSR count). The van der Waals surface area contributed by atoms with Crippen LogP contribution in [0.4, 0.5) is 22.0 Å². The number of rotatable bonds is 6. The minimum Gasteiger partial charge on any atom is -0.381 e. The van der Waals surface area contributed by atoms with E-state index in [1.54, 1.807) is 6.20 Å². The number of anilines is 3. The fraction of sp³-hybridized carbons (Fsp3) is 0.500. The predicted molar refractivity (Wildman–Crippen MR) is 137 cm³/mol. The Balaban J connectivity index is 1.53. The minimum absolute atomic E-state index is 0.0213. The maximum Gasteiger partial charge on any atom is 0.224 e. The highest BCUT2D eigenvalue weighted by Gasteiger charge is 2.30. The van der Waals surface area contributed by atoms with E-state index >= 15 is 0 Å². The number of nitrogens with one attached hydrogen (secondary N) is 2. The molecular formula is C24H28Cl2FN7O2. The van der Waals surface area contributed by atoms with Gasteiger partial charge in [-0.05, 0) is 50.2 Å². The number of nitrogens with zero attached hydrogens (tertiary/aromatic N) is 4. The highest BCUT2D eigenvalue weighted by Crippen LogP contribution is 2.38. The average Bonchev–Trinajstić information content (AvgIpc) is 3.20. The van der Waals surface area contributed by atoms with Gasteiger partial charge in [0.25, 0.3) is 0 Å². The van der Waals surface area contributed by atoms with Crippen molar-refractivity contribution in [1.29, 1.82) is 0 Å².